The molecule has 0 radical (unpaired) electrons. The minimum atomic E-state index is -0.403. The molecule has 0 aromatic heterocycles. The standard InChI is InChI=1S/C12H21NO2.C8H17N.2CO2/c1-5-7-10-8-6-9-13(10)11(14)15-12(2,3)4;1-3-7(2)8-5-4-6-9-8;2*2-1-3/h5,7,10H,6,8-9H2,1-4H3;7-9H,3-6H2,1-2H3;;/b7-5+;;;/t10-;7?,8-;;/m10../s1. The fraction of sp³-hybridized carbons (Fsp3) is 0.773. The van der Waals surface area contributed by atoms with Gasteiger partial charge in [-0.15, -0.1) is 0 Å². The molecule has 2 aliphatic heterocycles. The van der Waals surface area contributed by atoms with Crippen LogP contribution >= 0.6 is 0 Å². The van der Waals surface area contributed by atoms with Crippen molar-refractivity contribution in [2.24, 2.45) is 5.92 Å². The summed E-state index contributed by atoms with van der Waals surface area (Å²) in [4.78, 5) is 46.1. The molecule has 0 bridgehead atoms. The van der Waals surface area contributed by atoms with Gasteiger partial charge in [0.1, 0.15) is 5.60 Å². The van der Waals surface area contributed by atoms with Gasteiger partial charge in [0, 0.05) is 12.6 Å². The Hall–Kier alpha value is -2.27. The second-order valence-electron chi connectivity index (χ2n) is 8.16. The van der Waals surface area contributed by atoms with Crippen molar-refractivity contribution in [3.63, 3.8) is 0 Å². The van der Waals surface area contributed by atoms with Crippen LogP contribution in [0.3, 0.4) is 0 Å². The summed E-state index contributed by atoms with van der Waals surface area (Å²) in [5, 5.41) is 3.51. The van der Waals surface area contributed by atoms with Crippen LogP contribution in [-0.4, -0.2) is 54.1 Å². The Morgan fingerprint density at radius 1 is 1.17 bits per heavy atom. The molecule has 1 amide bonds. The number of carbonyl (C=O) groups excluding carboxylic acids is 5. The van der Waals surface area contributed by atoms with Gasteiger partial charge in [-0.2, -0.15) is 19.2 Å². The quantitative estimate of drug-likeness (QED) is 0.687. The zero-order chi connectivity index (χ0) is 23.6. The van der Waals surface area contributed by atoms with E-state index in [-0.39, 0.29) is 24.4 Å². The summed E-state index contributed by atoms with van der Waals surface area (Å²) in [6.45, 7) is 14.3. The second-order valence-corrected chi connectivity index (χ2v) is 8.16. The third-order valence-electron chi connectivity index (χ3n) is 4.77. The van der Waals surface area contributed by atoms with Crippen LogP contribution in [0.2, 0.25) is 0 Å². The molecule has 1 N–H and O–H groups in total. The summed E-state index contributed by atoms with van der Waals surface area (Å²) >= 11 is 0. The van der Waals surface area contributed by atoms with Crippen LogP contribution in [0.5, 0.6) is 0 Å². The van der Waals surface area contributed by atoms with E-state index in [0.717, 1.165) is 31.3 Å². The molecule has 0 aromatic carbocycles. The highest BCUT2D eigenvalue weighted by Crippen LogP contribution is 2.21. The number of rotatable bonds is 3. The summed E-state index contributed by atoms with van der Waals surface area (Å²) in [7, 11) is 0. The first-order chi connectivity index (χ1) is 14.1. The van der Waals surface area contributed by atoms with Crippen molar-refractivity contribution in [2.45, 2.75) is 91.3 Å². The van der Waals surface area contributed by atoms with Crippen molar-refractivity contribution >= 4 is 18.4 Å². The fourth-order valence-corrected chi connectivity index (χ4v) is 3.24. The molecule has 0 saturated carbocycles. The first-order valence-electron chi connectivity index (χ1n) is 10.5. The lowest BCUT2D eigenvalue weighted by Gasteiger charge is -2.27. The van der Waals surface area contributed by atoms with Crippen LogP contribution in [0.15, 0.2) is 12.2 Å². The van der Waals surface area contributed by atoms with Gasteiger partial charge in [0.2, 0.25) is 0 Å². The van der Waals surface area contributed by atoms with Crippen LogP contribution in [0, 0.1) is 5.92 Å². The van der Waals surface area contributed by atoms with E-state index in [0.29, 0.717) is 0 Å². The lowest BCUT2D eigenvalue weighted by molar-refractivity contribution is -0.193. The van der Waals surface area contributed by atoms with Gasteiger partial charge in [-0.1, -0.05) is 32.4 Å². The molecule has 2 aliphatic rings. The van der Waals surface area contributed by atoms with E-state index in [2.05, 4.69) is 25.2 Å². The minimum Gasteiger partial charge on any atom is -0.444 e. The predicted molar refractivity (Wildman–Crippen MR) is 111 cm³/mol. The Bertz CT molecular complexity index is 540. The summed E-state index contributed by atoms with van der Waals surface area (Å²) in [6.07, 6.45) is 10.6. The highest BCUT2D eigenvalue weighted by atomic mass is 16.6. The summed E-state index contributed by atoms with van der Waals surface area (Å²) in [5.41, 5.74) is -0.403. The Labute approximate surface area is 180 Å². The van der Waals surface area contributed by atoms with Crippen molar-refractivity contribution in [3.05, 3.63) is 12.2 Å². The molecular weight excluding hydrogens is 388 g/mol. The van der Waals surface area contributed by atoms with Crippen LogP contribution in [0.4, 0.5) is 4.79 Å². The first kappa shape index (κ1) is 29.9. The number of nitrogens with zero attached hydrogens (tertiary/aromatic N) is 1. The molecule has 0 spiro atoms. The van der Waals surface area contributed by atoms with Gasteiger partial charge in [0.05, 0.1) is 6.04 Å². The number of ether oxygens (including phenoxy) is 1. The Balaban J connectivity index is 0. The smallest absolute Gasteiger partial charge is 0.410 e. The largest absolute Gasteiger partial charge is 0.444 e. The summed E-state index contributed by atoms with van der Waals surface area (Å²) in [5.74, 6) is 0.882. The number of amides is 1. The monoisotopic (exact) mass is 426 g/mol. The summed E-state index contributed by atoms with van der Waals surface area (Å²) < 4.78 is 5.35. The van der Waals surface area contributed by atoms with Crippen molar-refractivity contribution < 1.29 is 28.7 Å². The van der Waals surface area contributed by atoms with Gasteiger partial charge in [-0.25, -0.2) is 4.79 Å². The van der Waals surface area contributed by atoms with Crippen LogP contribution in [0.1, 0.15) is 73.6 Å². The topological polar surface area (TPSA) is 110 Å². The Morgan fingerprint density at radius 3 is 2.13 bits per heavy atom. The molecular formula is C22H38N2O6. The van der Waals surface area contributed by atoms with Gasteiger partial charge in [0.15, 0.2) is 0 Å². The number of allylic oxidation sites excluding steroid dienone is 1. The lowest BCUT2D eigenvalue weighted by atomic mass is 9.98. The highest BCUT2D eigenvalue weighted by molar-refractivity contribution is 5.69. The number of carbonyl (C=O) groups is 1. The molecule has 0 aromatic rings. The number of hydrogen-bond acceptors (Lipinski definition) is 7. The van der Waals surface area contributed by atoms with Crippen LogP contribution in [-0.2, 0) is 23.9 Å². The maximum atomic E-state index is 11.8. The lowest BCUT2D eigenvalue weighted by Crippen LogP contribution is -2.39. The predicted octanol–water partition coefficient (Wildman–Crippen LogP) is 3.58. The van der Waals surface area contributed by atoms with Crippen molar-refractivity contribution in [2.75, 3.05) is 13.1 Å². The number of likely N-dealkylation sites (tertiary alicyclic amines) is 1. The van der Waals surface area contributed by atoms with Gasteiger partial charge in [-0.05, 0) is 65.8 Å². The molecule has 2 rings (SSSR count). The maximum absolute atomic E-state index is 11.8. The first-order valence-corrected chi connectivity index (χ1v) is 10.5. The average molecular weight is 427 g/mol. The van der Waals surface area contributed by atoms with Crippen LogP contribution in [0.25, 0.3) is 0 Å². The second kappa shape index (κ2) is 17.6. The van der Waals surface area contributed by atoms with Gasteiger partial charge in [-0.3, -0.25) is 0 Å². The molecule has 8 nitrogen and oxygen atoms in total. The van der Waals surface area contributed by atoms with E-state index in [4.69, 9.17) is 23.9 Å². The van der Waals surface area contributed by atoms with E-state index in [9.17, 15) is 4.79 Å². The van der Waals surface area contributed by atoms with E-state index in [1.54, 1.807) is 0 Å². The third-order valence-corrected chi connectivity index (χ3v) is 4.77. The number of hydrogen-bond donors (Lipinski definition) is 1. The molecule has 2 heterocycles. The minimum absolute atomic E-state index is 0.192. The van der Waals surface area contributed by atoms with Gasteiger partial charge >= 0.3 is 18.4 Å². The molecule has 1 unspecified atom stereocenters. The van der Waals surface area contributed by atoms with E-state index < -0.39 is 5.60 Å². The zero-order valence-electron chi connectivity index (χ0n) is 19.2. The van der Waals surface area contributed by atoms with Crippen molar-refractivity contribution in [3.8, 4) is 0 Å². The van der Waals surface area contributed by atoms with E-state index in [1.165, 1.54) is 25.8 Å². The van der Waals surface area contributed by atoms with Crippen molar-refractivity contribution in [1.29, 1.82) is 0 Å². The Morgan fingerprint density at radius 2 is 1.73 bits per heavy atom. The summed E-state index contributed by atoms with van der Waals surface area (Å²) in [6, 6.07) is 1.06. The van der Waals surface area contributed by atoms with Crippen LogP contribution < -0.4 is 5.32 Å². The van der Waals surface area contributed by atoms with Gasteiger partial charge < -0.3 is 15.0 Å². The maximum Gasteiger partial charge on any atom is 0.410 e. The number of nitrogens with one attached hydrogen (secondary N) is 1. The normalized spacial score (nSPS) is 20.9. The molecule has 3 atom stereocenters. The van der Waals surface area contributed by atoms with E-state index in [1.807, 2.05) is 38.7 Å². The Kier molecular flexibility index (Phi) is 17.5. The fourth-order valence-electron chi connectivity index (χ4n) is 3.24. The average Bonchev–Trinajstić information content (AvgIpc) is 3.34. The van der Waals surface area contributed by atoms with E-state index >= 15 is 0 Å². The highest BCUT2D eigenvalue weighted by Gasteiger charge is 2.30. The molecule has 2 saturated heterocycles. The van der Waals surface area contributed by atoms with Gasteiger partial charge in [0.25, 0.3) is 0 Å². The molecule has 8 heteroatoms. The molecule has 172 valence electrons. The molecule has 0 aliphatic carbocycles. The SMILES string of the molecule is C/C=C/[C@@H]1CCCN1C(=O)OC(C)(C)C.CCC(C)[C@@H]1CCCN1.O=C=O.O=C=O. The third kappa shape index (κ3) is 14.7. The molecule has 2 fully saturated rings. The van der Waals surface area contributed by atoms with Crippen molar-refractivity contribution in [1.82, 2.24) is 10.2 Å². The zero-order valence-corrected chi connectivity index (χ0v) is 19.2. The molecule has 30 heavy (non-hydrogen) atoms.